The van der Waals surface area contributed by atoms with Gasteiger partial charge in [0.15, 0.2) is 17.2 Å². The Bertz CT molecular complexity index is 2200. The van der Waals surface area contributed by atoms with Crippen LogP contribution in [0.25, 0.3) is 22.1 Å². The van der Waals surface area contributed by atoms with Crippen LogP contribution in [-0.2, 0) is 14.3 Å². The number of halogens is 2. The maximum atomic E-state index is 14.1. The minimum atomic E-state index is -2.99. The molecule has 15 heteroatoms. The number of alkyl halides is 2. The largest absolute Gasteiger partial charge is 0.495 e. The Morgan fingerprint density at radius 1 is 1.10 bits per heavy atom. The molecule has 0 unspecified atom stereocenters. The van der Waals surface area contributed by atoms with Gasteiger partial charge in [0, 0.05) is 41.9 Å². The third-order valence-corrected chi connectivity index (χ3v) is 9.60. The zero-order valence-electron chi connectivity index (χ0n) is 27.6. The Labute approximate surface area is 290 Å². The molecular formula is C36H32F2N6O7. The number of furan rings is 1. The first kappa shape index (κ1) is 32.6. The molecule has 3 aliphatic rings. The monoisotopic (exact) mass is 698 g/mol. The summed E-state index contributed by atoms with van der Waals surface area (Å²) in [7, 11) is 1.56. The zero-order valence-corrected chi connectivity index (χ0v) is 27.6. The van der Waals surface area contributed by atoms with Gasteiger partial charge in [-0.25, -0.2) is 28.5 Å². The molecule has 3 saturated heterocycles. The van der Waals surface area contributed by atoms with Gasteiger partial charge < -0.3 is 38.3 Å². The first-order valence-corrected chi connectivity index (χ1v) is 16.4. The Kier molecular flexibility index (Phi) is 8.27. The number of morpholine rings is 1. The van der Waals surface area contributed by atoms with Crippen molar-refractivity contribution in [3.05, 3.63) is 71.9 Å². The number of fused-ring (bicyclic) bond motifs is 3. The summed E-state index contributed by atoms with van der Waals surface area (Å²) in [4.78, 5) is 33.3. The van der Waals surface area contributed by atoms with Crippen LogP contribution in [0.15, 0.2) is 59.4 Å². The quantitative estimate of drug-likeness (QED) is 0.236. The summed E-state index contributed by atoms with van der Waals surface area (Å²) in [5, 5.41) is 10.8. The van der Waals surface area contributed by atoms with Crippen LogP contribution < -0.4 is 19.3 Å². The fourth-order valence-electron chi connectivity index (χ4n) is 6.85. The number of benzene rings is 1. The molecular weight excluding hydrogens is 666 g/mol. The Morgan fingerprint density at radius 2 is 1.90 bits per heavy atom. The summed E-state index contributed by atoms with van der Waals surface area (Å²) < 4.78 is 57.7. The van der Waals surface area contributed by atoms with Gasteiger partial charge in [-0.1, -0.05) is 24.0 Å². The SMILES string of the molecule is COc1cncc(C#Cc2cnc(O[C@H]3C[C@@H](C(=O)O)N(c4nc(C(F)F)nc5c4oc4ccccc45)C3)c(N3CCOC4(COC4)[C@@H]3C)c2)c1. The van der Waals surface area contributed by atoms with E-state index in [1.165, 1.54) is 4.90 Å². The second-order valence-electron chi connectivity index (χ2n) is 12.7. The van der Waals surface area contributed by atoms with Crippen molar-refractivity contribution in [2.45, 2.75) is 43.6 Å². The Balaban J connectivity index is 1.15. The van der Waals surface area contributed by atoms with Gasteiger partial charge in [-0.15, -0.1) is 0 Å². The van der Waals surface area contributed by atoms with E-state index in [1.807, 2.05) is 6.07 Å². The molecule has 1 aromatic carbocycles. The molecule has 8 rings (SSSR count). The lowest BCUT2D eigenvalue weighted by atomic mass is 9.90. The number of para-hydroxylation sites is 1. The topological polar surface area (TPSA) is 145 Å². The van der Waals surface area contributed by atoms with Crippen LogP contribution in [0.3, 0.4) is 0 Å². The molecule has 51 heavy (non-hydrogen) atoms. The number of nitrogens with zero attached hydrogens (tertiary/aromatic N) is 6. The number of aliphatic carboxylic acids is 1. The molecule has 13 nitrogen and oxygen atoms in total. The summed E-state index contributed by atoms with van der Waals surface area (Å²) in [6.07, 6.45) is 1.14. The summed E-state index contributed by atoms with van der Waals surface area (Å²) in [6.45, 7) is 3.94. The summed E-state index contributed by atoms with van der Waals surface area (Å²) in [6, 6.07) is 9.28. The van der Waals surface area contributed by atoms with Crippen LogP contribution in [0.4, 0.5) is 20.3 Å². The van der Waals surface area contributed by atoms with Crippen molar-refractivity contribution < 1.29 is 42.0 Å². The number of anilines is 2. The van der Waals surface area contributed by atoms with E-state index in [-0.39, 0.29) is 41.8 Å². The average Bonchev–Trinajstić information content (AvgIpc) is 3.72. The summed E-state index contributed by atoms with van der Waals surface area (Å²) in [5.41, 5.74) is 2.15. The lowest BCUT2D eigenvalue weighted by molar-refractivity contribution is -0.228. The maximum Gasteiger partial charge on any atom is 0.326 e. The number of hydrogen-bond donors (Lipinski definition) is 1. The molecule has 0 amide bonds. The van der Waals surface area contributed by atoms with E-state index in [0.717, 1.165) is 0 Å². The molecule has 0 bridgehead atoms. The van der Waals surface area contributed by atoms with Gasteiger partial charge in [-0.3, -0.25) is 4.98 Å². The second kappa shape index (κ2) is 12.9. The number of carboxylic acids is 1. The van der Waals surface area contributed by atoms with Crippen molar-refractivity contribution >= 4 is 39.5 Å². The van der Waals surface area contributed by atoms with Crippen molar-refractivity contribution in [1.82, 2.24) is 19.9 Å². The molecule has 262 valence electrons. The highest BCUT2D eigenvalue weighted by Gasteiger charge is 2.50. The van der Waals surface area contributed by atoms with E-state index in [9.17, 15) is 18.7 Å². The van der Waals surface area contributed by atoms with E-state index < -0.39 is 36.0 Å². The molecule has 7 heterocycles. The van der Waals surface area contributed by atoms with Crippen LogP contribution >= 0.6 is 0 Å². The normalized spacial score (nSPS) is 21.2. The first-order valence-electron chi connectivity index (χ1n) is 16.4. The van der Waals surface area contributed by atoms with Crippen LogP contribution in [0.2, 0.25) is 0 Å². The highest BCUT2D eigenvalue weighted by molar-refractivity contribution is 6.06. The smallest absolute Gasteiger partial charge is 0.326 e. The number of hydrogen-bond acceptors (Lipinski definition) is 12. The van der Waals surface area contributed by atoms with E-state index in [4.69, 9.17) is 23.4 Å². The lowest BCUT2D eigenvalue weighted by Crippen LogP contribution is -2.68. The van der Waals surface area contributed by atoms with E-state index in [1.54, 1.807) is 56.0 Å². The fraction of sp³-hybridized carbons (Fsp3) is 0.361. The number of ether oxygens (including phenoxy) is 4. The number of aromatic nitrogens is 4. The van der Waals surface area contributed by atoms with Crippen LogP contribution in [-0.4, -0.2) is 94.8 Å². The number of rotatable bonds is 7. The highest BCUT2D eigenvalue weighted by atomic mass is 19.3. The Hall–Kier alpha value is -5.59. The molecule has 1 N–H and O–H groups in total. The Morgan fingerprint density at radius 3 is 2.65 bits per heavy atom. The lowest BCUT2D eigenvalue weighted by Gasteiger charge is -2.53. The molecule has 1 spiro atoms. The number of pyridine rings is 2. The average molecular weight is 699 g/mol. The fourth-order valence-corrected chi connectivity index (χ4v) is 6.85. The molecule has 3 aliphatic heterocycles. The standard InChI is InChI=1S/C36H32F2N6O7/c1-20-36(18-48-19-36)49-10-9-43(20)26-12-22(8-7-21-11-23(47-2)16-39-14-21)15-40-34(26)50-24-13-27(35(45)46)44(17-24)33-30-29(41-32(42-33)31(37)38)25-5-3-4-6-28(25)51-30/h3-6,11-12,14-16,20,24,27,31H,9-10,13,17-19H2,1-2H3,(H,45,46)/t20-,24-,27-/m0/s1. The summed E-state index contributed by atoms with van der Waals surface area (Å²) in [5.74, 6) is 5.18. The van der Waals surface area contributed by atoms with E-state index in [2.05, 4.69) is 43.6 Å². The van der Waals surface area contributed by atoms with E-state index in [0.29, 0.717) is 59.9 Å². The van der Waals surface area contributed by atoms with Crippen LogP contribution in [0.5, 0.6) is 11.6 Å². The van der Waals surface area contributed by atoms with Gasteiger partial charge in [0.2, 0.25) is 5.88 Å². The molecule has 0 aliphatic carbocycles. The van der Waals surface area contributed by atoms with Gasteiger partial charge in [0.05, 0.1) is 45.7 Å². The molecule has 3 atom stereocenters. The van der Waals surface area contributed by atoms with Gasteiger partial charge in [0.1, 0.15) is 40.3 Å². The minimum Gasteiger partial charge on any atom is -0.495 e. The van der Waals surface area contributed by atoms with Crippen molar-refractivity contribution in [2.24, 2.45) is 0 Å². The molecule has 0 saturated carbocycles. The first-order chi connectivity index (χ1) is 24.7. The van der Waals surface area contributed by atoms with Crippen molar-refractivity contribution in [3.63, 3.8) is 0 Å². The third-order valence-electron chi connectivity index (χ3n) is 9.60. The minimum absolute atomic E-state index is 0.00472. The van der Waals surface area contributed by atoms with Crippen molar-refractivity contribution in [3.8, 4) is 23.5 Å². The number of methoxy groups -OCH3 is 1. The molecule has 4 aromatic heterocycles. The number of carbonyl (C=O) groups is 1. The highest BCUT2D eigenvalue weighted by Crippen LogP contribution is 2.41. The molecule has 0 radical (unpaired) electrons. The second-order valence-corrected chi connectivity index (χ2v) is 12.7. The van der Waals surface area contributed by atoms with Gasteiger partial charge >= 0.3 is 5.97 Å². The number of carboxylic acid groups (broad SMARTS) is 1. The third kappa shape index (κ3) is 5.89. The molecule has 5 aromatic rings. The molecule has 3 fully saturated rings. The van der Waals surface area contributed by atoms with Crippen molar-refractivity contribution in [2.75, 3.05) is 49.8 Å². The predicted octanol–water partition coefficient (Wildman–Crippen LogP) is 4.62. The van der Waals surface area contributed by atoms with Crippen molar-refractivity contribution in [1.29, 1.82) is 0 Å². The maximum absolute atomic E-state index is 14.1. The zero-order chi connectivity index (χ0) is 35.3. The predicted molar refractivity (Wildman–Crippen MR) is 179 cm³/mol. The van der Waals surface area contributed by atoms with Crippen LogP contribution in [0, 0.1) is 11.8 Å². The van der Waals surface area contributed by atoms with Gasteiger partial charge in [-0.2, -0.15) is 0 Å². The van der Waals surface area contributed by atoms with Crippen LogP contribution in [0.1, 0.15) is 36.7 Å². The van der Waals surface area contributed by atoms with E-state index >= 15 is 0 Å². The summed E-state index contributed by atoms with van der Waals surface area (Å²) >= 11 is 0. The van der Waals surface area contributed by atoms with Gasteiger partial charge in [-0.05, 0) is 31.2 Å². The van der Waals surface area contributed by atoms with Gasteiger partial charge in [0.25, 0.3) is 6.43 Å².